The topological polar surface area (TPSA) is 0 Å². The molecule has 0 saturated heterocycles. The van der Waals surface area contributed by atoms with E-state index >= 15 is 0 Å². The van der Waals surface area contributed by atoms with Crippen molar-refractivity contribution in [3.63, 3.8) is 0 Å². The molecule has 0 aromatic heterocycles. The maximum Gasteiger partial charge on any atom is 0.166 e. The lowest BCUT2D eigenvalue weighted by atomic mass is 9.74. The lowest BCUT2D eigenvalue weighted by molar-refractivity contribution is 0.246. The van der Waals surface area contributed by atoms with Crippen molar-refractivity contribution in [3.8, 4) is 0 Å². The first-order valence-corrected chi connectivity index (χ1v) is 12.7. The SMILES string of the molecule is C=CCCc1cc2ccc(C3CCC(CCC4CCC(C=C)CC4)CC3)cc2c(F)c1F. The standard InChI is InChI=1S/C30H38F2/c1-3-5-6-27-19-26-18-17-25(20-28(26)30(32)29(27)31)24-15-13-23(14-16-24)12-11-22-9-7-21(4-2)8-10-22/h3-4,17-24H,1-2,5-16H2. The molecule has 0 radical (unpaired) electrons. The van der Waals surface area contributed by atoms with Gasteiger partial charge in [0.2, 0.25) is 0 Å². The molecule has 2 fully saturated rings. The molecule has 2 aliphatic rings. The van der Waals surface area contributed by atoms with Gasteiger partial charge in [-0.05, 0) is 117 Å². The van der Waals surface area contributed by atoms with Gasteiger partial charge in [0.25, 0.3) is 0 Å². The highest BCUT2D eigenvalue weighted by Gasteiger charge is 2.25. The highest BCUT2D eigenvalue weighted by Crippen LogP contribution is 2.40. The van der Waals surface area contributed by atoms with Gasteiger partial charge in [0, 0.05) is 5.39 Å². The summed E-state index contributed by atoms with van der Waals surface area (Å²) in [6.07, 6.45) is 18.1. The Bertz CT molecular complexity index is 927. The quantitative estimate of drug-likeness (QED) is 0.362. The number of hydrogen-bond acceptors (Lipinski definition) is 0. The van der Waals surface area contributed by atoms with Gasteiger partial charge in [-0.2, -0.15) is 0 Å². The van der Waals surface area contributed by atoms with Crippen molar-refractivity contribution in [2.24, 2.45) is 17.8 Å². The Kier molecular flexibility index (Phi) is 7.81. The lowest BCUT2D eigenvalue weighted by Crippen LogP contribution is -2.17. The van der Waals surface area contributed by atoms with E-state index in [1.165, 1.54) is 69.8 Å². The van der Waals surface area contributed by atoms with Crippen LogP contribution in [0, 0.1) is 29.4 Å². The van der Waals surface area contributed by atoms with Crippen LogP contribution in [0.3, 0.4) is 0 Å². The van der Waals surface area contributed by atoms with E-state index in [0.717, 1.165) is 23.1 Å². The van der Waals surface area contributed by atoms with Gasteiger partial charge in [0.05, 0.1) is 0 Å². The van der Waals surface area contributed by atoms with Crippen molar-refractivity contribution in [1.82, 2.24) is 0 Å². The second kappa shape index (κ2) is 10.8. The lowest BCUT2D eigenvalue weighted by Gasteiger charge is -2.31. The molecule has 4 rings (SSSR count). The Hall–Kier alpha value is -1.96. The van der Waals surface area contributed by atoms with Crippen LogP contribution in [0.2, 0.25) is 0 Å². The van der Waals surface area contributed by atoms with Crippen LogP contribution in [-0.4, -0.2) is 0 Å². The molecule has 0 atom stereocenters. The Morgan fingerprint density at radius 2 is 1.47 bits per heavy atom. The molecule has 2 heteroatoms. The van der Waals surface area contributed by atoms with Crippen molar-refractivity contribution < 1.29 is 8.78 Å². The summed E-state index contributed by atoms with van der Waals surface area (Å²) in [5.41, 5.74) is 1.62. The molecule has 32 heavy (non-hydrogen) atoms. The molecule has 2 aromatic rings. The second-order valence-corrected chi connectivity index (χ2v) is 10.3. The molecule has 0 aliphatic heterocycles. The number of allylic oxidation sites excluding steroid dienone is 2. The highest BCUT2D eigenvalue weighted by atomic mass is 19.2. The number of benzene rings is 2. The molecule has 2 aliphatic carbocycles. The molecule has 2 saturated carbocycles. The highest BCUT2D eigenvalue weighted by molar-refractivity contribution is 5.85. The maximum absolute atomic E-state index is 14.8. The van der Waals surface area contributed by atoms with E-state index in [1.807, 2.05) is 12.1 Å². The van der Waals surface area contributed by atoms with Crippen LogP contribution in [0.5, 0.6) is 0 Å². The largest absolute Gasteiger partial charge is 0.203 e. The van der Waals surface area contributed by atoms with Crippen LogP contribution >= 0.6 is 0 Å². The average Bonchev–Trinajstić information content (AvgIpc) is 2.84. The number of rotatable bonds is 8. The van der Waals surface area contributed by atoms with E-state index in [1.54, 1.807) is 12.1 Å². The molecule has 0 nitrogen and oxygen atoms in total. The first-order chi connectivity index (χ1) is 15.6. The van der Waals surface area contributed by atoms with Crippen LogP contribution in [0.1, 0.15) is 87.7 Å². The van der Waals surface area contributed by atoms with Gasteiger partial charge in [-0.15, -0.1) is 13.2 Å². The van der Waals surface area contributed by atoms with Crippen LogP contribution in [0.25, 0.3) is 10.8 Å². The third kappa shape index (κ3) is 5.33. The minimum absolute atomic E-state index is 0.430. The third-order valence-corrected chi connectivity index (χ3v) is 8.26. The first-order valence-electron chi connectivity index (χ1n) is 12.7. The Balaban J connectivity index is 1.34. The molecule has 0 N–H and O–H groups in total. The van der Waals surface area contributed by atoms with Crippen LogP contribution in [-0.2, 0) is 6.42 Å². The van der Waals surface area contributed by atoms with Gasteiger partial charge in [-0.3, -0.25) is 0 Å². The van der Waals surface area contributed by atoms with Crippen LogP contribution in [0.15, 0.2) is 49.6 Å². The summed E-state index contributed by atoms with van der Waals surface area (Å²) in [5.74, 6) is 1.59. The fourth-order valence-corrected chi connectivity index (χ4v) is 6.06. The van der Waals surface area contributed by atoms with Gasteiger partial charge in [0.1, 0.15) is 0 Å². The number of halogens is 2. The van der Waals surface area contributed by atoms with Crippen molar-refractivity contribution >= 4 is 10.8 Å². The molecule has 2 aromatic carbocycles. The zero-order chi connectivity index (χ0) is 22.5. The predicted octanol–water partition coefficient (Wildman–Crippen LogP) is 9.28. The van der Waals surface area contributed by atoms with Crippen LogP contribution < -0.4 is 0 Å². The van der Waals surface area contributed by atoms with Crippen molar-refractivity contribution in [1.29, 1.82) is 0 Å². The fourth-order valence-electron chi connectivity index (χ4n) is 6.06. The van der Waals surface area contributed by atoms with E-state index in [-0.39, 0.29) is 0 Å². The van der Waals surface area contributed by atoms with Crippen molar-refractivity contribution in [2.75, 3.05) is 0 Å². The minimum atomic E-state index is -0.692. The summed E-state index contributed by atoms with van der Waals surface area (Å²) in [7, 11) is 0. The number of hydrogen-bond donors (Lipinski definition) is 0. The minimum Gasteiger partial charge on any atom is -0.203 e. The summed E-state index contributed by atoms with van der Waals surface area (Å²) >= 11 is 0. The molecule has 0 unspecified atom stereocenters. The maximum atomic E-state index is 14.8. The summed E-state index contributed by atoms with van der Waals surface area (Å²) in [5, 5.41) is 1.23. The molecular weight excluding hydrogens is 398 g/mol. The predicted molar refractivity (Wildman–Crippen MR) is 132 cm³/mol. The van der Waals surface area contributed by atoms with E-state index in [2.05, 4.69) is 25.3 Å². The number of aryl methyl sites for hydroxylation is 1. The van der Waals surface area contributed by atoms with Gasteiger partial charge in [-0.25, -0.2) is 8.78 Å². The Morgan fingerprint density at radius 3 is 2.09 bits per heavy atom. The average molecular weight is 437 g/mol. The zero-order valence-corrected chi connectivity index (χ0v) is 19.4. The zero-order valence-electron chi connectivity index (χ0n) is 19.4. The van der Waals surface area contributed by atoms with Gasteiger partial charge >= 0.3 is 0 Å². The van der Waals surface area contributed by atoms with E-state index in [4.69, 9.17) is 0 Å². The molecular formula is C30H38F2. The van der Waals surface area contributed by atoms with Gasteiger partial charge in [0.15, 0.2) is 11.6 Å². The first kappa shape index (κ1) is 23.2. The van der Waals surface area contributed by atoms with E-state index < -0.39 is 11.6 Å². The fraction of sp³-hybridized carbons (Fsp3) is 0.533. The molecule has 0 bridgehead atoms. The molecule has 0 amide bonds. The Morgan fingerprint density at radius 1 is 0.812 bits per heavy atom. The van der Waals surface area contributed by atoms with E-state index in [0.29, 0.717) is 29.7 Å². The smallest absolute Gasteiger partial charge is 0.166 e. The summed E-state index contributed by atoms with van der Waals surface area (Å²) < 4.78 is 29.4. The number of fused-ring (bicyclic) bond motifs is 1. The Labute approximate surface area is 192 Å². The molecule has 0 heterocycles. The van der Waals surface area contributed by atoms with Gasteiger partial charge in [-0.1, -0.05) is 37.1 Å². The van der Waals surface area contributed by atoms with Crippen molar-refractivity contribution in [2.45, 2.75) is 83.0 Å². The second-order valence-electron chi connectivity index (χ2n) is 10.3. The molecule has 172 valence electrons. The summed E-state index contributed by atoms with van der Waals surface area (Å²) in [6, 6.07) is 7.84. The summed E-state index contributed by atoms with van der Waals surface area (Å²) in [4.78, 5) is 0. The van der Waals surface area contributed by atoms with Gasteiger partial charge < -0.3 is 0 Å². The summed E-state index contributed by atoms with van der Waals surface area (Å²) in [6.45, 7) is 7.64. The van der Waals surface area contributed by atoms with E-state index in [9.17, 15) is 8.78 Å². The van der Waals surface area contributed by atoms with Crippen molar-refractivity contribution in [3.05, 3.63) is 72.3 Å². The normalized spacial score (nSPS) is 26.2. The third-order valence-electron chi connectivity index (χ3n) is 8.26. The molecule has 0 spiro atoms. The monoisotopic (exact) mass is 436 g/mol. The van der Waals surface area contributed by atoms with Crippen LogP contribution in [0.4, 0.5) is 8.78 Å².